The van der Waals surface area contributed by atoms with Crippen molar-refractivity contribution < 1.29 is 9.26 Å². The van der Waals surface area contributed by atoms with Crippen LogP contribution in [0.3, 0.4) is 0 Å². The molecule has 0 saturated carbocycles. The van der Waals surface area contributed by atoms with Crippen molar-refractivity contribution in [3.05, 3.63) is 22.8 Å². The number of morpholine rings is 1. The van der Waals surface area contributed by atoms with Crippen LogP contribution in [0.25, 0.3) is 10.8 Å². The standard InChI is InChI=1S/C13H18N4O2S/c1-9-2-3-11(20-9)13-15-12(16-19-13)10(14)8-17-4-6-18-7-5-17/h2-3,10H,4-8,14H2,1H3. The Kier molecular flexibility index (Phi) is 4.11. The smallest absolute Gasteiger partial charge is 0.268 e. The highest BCUT2D eigenvalue weighted by Crippen LogP contribution is 2.26. The van der Waals surface area contributed by atoms with E-state index in [2.05, 4.69) is 22.0 Å². The number of nitrogens with two attached hydrogens (primary N) is 1. The van der Waals surface area contributed by atoms with Crippen LogP contribution in [0.15, 0.2) is 16.7 Å². The molecule has 1 unspecified atom stereocenters. The summed E-state index contributed by atoms with van der Waals surface area (Å²) in [5.41, 5.74) is 6.16. The summed E-state index contributed by atoms with van der Waals surface area (Å²) in [6.45, 7) is 6.11. The minimum atomic E-state index is -0.230. The molecule has 2 aromatic heterocycles. The van der Waals surface area contributed by atoms with E-state index in [1.165, 1.54) is 4.88 Å². The third kappa shape index (κ3) is 3.06. The summed E-state index contributed by atoms with van der Waals surface area (Å²) >= 11 is 1.64. The fraction of sp³-hybridized carbons (Fsp3) is 0.538. The van der Waals surface area contributed by atoms with Gasteiger partial charge >= 0.3 is 0 Å². The van der Waals surface area contributed by atoms with Crippen molar-refractivity contribution in [3.8, 4) is 10.8 Å². The molecule has 0 aliphatic carbocycles. The average Bonchev–Trinajstić information content (AvgIpc) is 3.08. The van der Waals surface area contributed by atoms with Gasteiger partial charge in [0.25, 0.3) is 5.89 Å². The van der Waals surface area contributed by atoms with Gasteiger partial charge in [0.2, 0.25) is 0 Å². The van der Waals surface area contributed by atoms with Crippen LogP contribution in [-0.2, 0) is 4.74 Å². The summed E-state index contributed by atoms with van der Waals surface area (Å²) in [6.07, 6.45) is 0. The van der Waals surface area contributed by atoms with Crippen LogP contribution in [0.4, 0.5) is 0 Å². The third-order valence-corrected chi connectivity index (χ3v) is 4.27. The molecule has 0 spiro atoms. The zero-order chi connectivity index (χ0) is 13.9. The zero-order valence-electron chi connectivity index (χ0n) is 11.4. The number of nitrogens with zero attached hydrogens (tertiary/aromatic N) is 3. The van der Waals surface area contributed by atoms with E-state index in [9.17, 15) is 0 Å². The minimum Gasteiger partial charge on any atom is -0.379 e. The largest absolute Gasteiger partial charge is 0.379 e. The van der Waals surface area contributed by atoms with Gasteiger partial charge in [0.1, 0.15) is 0 Å². The summed E-state index contributed by atoms with van der Waals surface area (Å²) in [5, 5.41) is 4.00. The quantitative estimate of drug-likeness (QED) is 0.919. The molecule has 0 radical (unpaired) electrons. The van der Waals surface area contributed by atoms with Crippen LogP contribution < -0.4 is 5.73 Å². The zero-order valence-corrected chi connectivity index (χ0v) is 12.2. The third-order valence-electron chi connectivity index (χ3n) is 3.28. The second-order valence-corrected chi connectivity index (χ2v) is 6.18. The van der Waals surface area contributed by atoms with Gasteiger partial charge in [0, 0.05) is 24.5 Å². The molecule has 0 amide bonds. The molecule has 2 N–H and O–H groups in total. The molecule has 1 saturated heterocycles. The lowest BCUT2D eigenvalue weighted by Crippen LogP contribution is -2.40. The van der Waals surface area contributed by atoms with Crippen LogP contribution in [0.2, 0.25) is 0 Å². The molecular formula is C13H18N4O2S. The molecule has 0 aromatic carbocycles. The van der Waals surface area contributed by atoms with E-state index in [1.807, 2.05) is 12.1 Å². The second-order valence-electron chi connectivity index (χ2n) is 4.89. The summed E-state index contributed by atoms with van der Waals surface area (Å²) in [7, 11) is 0. The van der Waals surface area contributed by atoms with Gasteiger partial charge in [-0.25, -0.2) is 0 Å². The first-order chi connectivity index (χ1) is 9.72. The van der Waals surface area contributed by atoms with E-state index in [-0.39, 0.29) is 6.04 Å². The summed E-state index contributed by atoms with van der Waals surface area (Å²) in [5.74, 6) is 1.12. The molecule has 7 heteroatoms. The van der Waals surface area contributed by atoms with Gasteiger partial charge in [-0.1, -0.05) is 5.16 Å². The van der Waals surface area contributed by atoms with E-state index in [1.54, 1.807) is 11.3 Å². The number of ether oxygens (including phenoxy) is 1. The lowest BCUT2D eigenvalue weighted by atomic mass is 10.2. The van der Waals surface area contributed by atoms with Crippen LogP contribution in [0.1, 0.15) is 16.7 Å². The molecule has 2 aromatic rings. The Morgan fingerprint density at radius 3 is 2.90 bits per heavy atom. The average molecular weight is 294 g/mol. The van der Waals surface area contributed by atoms with E-state index in [4.69, 9.17) is 15.0 Å². The van der Waals surface area contributed by atoms with Crippen LogP contribution >= 0.6 is 11.3 Å². The molecule has 1 aliphatic heterocycles. The highest BCUT2D eigenvalue weighted by molar-refractivity contribution is 7.15. The molecule has 108 valence electrons. The lowest BCUT2D eigenvalue weighted by Gasteiger charge is -2.27. The molecule has 1 fully saturated rings. The maximum absolute atomic E-state index is 6.16. The second kappa shape index (κ2) is 6.01. The molecule has 6 nitrogen and oxygen atoms in total. The lowest BCUT2D eigenvalue weighted by molar-refractivity contribution is 0.0348. The molecule has 0 bridgehead atoms. The Balaban J connectivity index is 1.66. The van der Waals surface area contributed by atoms with Gasteiger partial charge < -0.3 is 15.0 Å². The van der Waals surface area contributed by atoms with Gasteiger partial charge in [0.05, 0.1) is 24.1 Å². The SMILES string of the molecule is Cc1ccc(-c2nc(C(N)CN3CCOCC3)no2)s1. The Bertz CT molecular complexity index is 562. The summed E-state index contributed by atoms with van der Waals surface area (Å²) in [6, 6.07) is 3.80. The van der Waals surface area contributed by atoms with Crippen molar-refractivity contribution in [3.63, 3.8) is 0 Å². The highest BCUT2D eigenvalue weighted by atomic mass is 32.1. The summed E-state index contributed by atoms with van der Waals surface area (Å²) < 4.78 is 10.6. The number of rotatable bonds is 4. The van der Waals surface area contributed by atoms with E-state index < -0.39 is 0 Å². The molecule has 3 rings (SSSR count). The maximum Gasteiger partial charge on any atom is 0.268 e. The first kappa shape index (κ1) is 13.7. The summed E-state index contributed by atoms with van der Waals surface area (Å²) in [4.78, 5) is 8.88. The topological polar surface area (TPSA) is 77.4 Å². The molecule has 3 heterocycles. The maximum atomic E-state index is 6.16. The van der Waals surface area contributed by atoms with Crippen molar-refractivity contribution in [1.29, 1.82) is 0 Å². The predicted molar refractivity (Wildman–Crippen MR) is 76.5 cm³/mol. The molecule has 1 atom stereocenters. The fourth-order valence-electron chi connectivity index (χ4n) is 2.18. The normalized spacial score (nSPS) is 18.3. The Labute approximate surface area is 121 Å². The van der Waals surface area contributed by atoms with Crippen LogP contribution in [-0.4, -0.2) is 47.9 Å². The van der Waals surface area contributed by atoms with Gasteiger partial charge in [-0.3, -0.25) is 4.90 Å². The van der Waals surface area contributed by atoms with E-state index in [0.29, 0.717) is 11.7 Å². The van der Waals surface area contributed by atoms with Gasteiger partial charge in [-0.2, -0.15) is 4.98 Å². The molecule has 20 heavy (non-hydrogen) atoms. The van der Waals surface area contributed by atoms with Gasteiger partial charge in [-0.05, 0) is 19.1 Å². The van der Waals surface area contributed by atoms with Gasteiger partial charge in [-0.15, -0.1) is 11.3 Å². The first-order valence-electron chi connectivity index (χ1n) is 6.68. The van der Waals surface area contributed by atoms with E-state index >= 15 is 0 Å². The predicted octanol–water partition coefficient (Wildman–Crippen LogP) is 1.44. The highest BCUT2D eigenvalue weighted by Gasteiger charge is 2.20. The first-order valence-corrected chi connectivity index (χ1v) is 7.50. The van der Waals surface area contributed by atoms with Crippen molar-refractivity contribution >= 4 is 11.3 Å². The van der Waals surface area contributed by atoms with Crippen LogP contribution in [0.5, 0.6) is 0 Å². The number of aromatic nitrogens is 2. The van der Waals surface area contributed by atoms with Crippen LogP contribution in [0, 0.1) is 6.92 Å². The van der Waals surface area contributed by atoms with Crippen molar-refractivity contribution in [2.45, 2.75) is 13.0 Å². The number of hydrogen-bond acceptors (Lipinski definition) is 7. The monoisotopic (exact) mass is 294 g/mol. The van der Waals surface area contributed by atoms with Gasteiger partial charge in [0.15, 0.2) is 5.82 Å². The Morgan fingerprint density at radius 1 is 1.40 bits per heavy atom. The van der Waals surface area contributed by atoms with Crippen molar-refractivity contribution in [2.24, 2.45) is 5.73 Å². The minimum absolute atomic E-state index is 0.230. The van der Waals surface area contributed by atoms with Crippen molar-refractivity contribution in [2.75, 3.05) is 32.8 Å². The molecule has 1 aliphatic rings. The van der Waals surface area contributed by atoms with Crippen molar-refractivity contribution in [1.82, 2.24) is 15.0 Å². The van der Waals surface area contributed by atoms with E-state index in [0.717, 1.165) is 37.7 Å². The number of hydrogen-bond donors (Lipinski definition) is 1. The Hall–Kier alpha value is -1.28. The number of aryl methyl sites for hydroxylation is 1. The number of thiophene rings is 1. The Morgan fingerprint density at radius 2 is 2.20 bits per heavy atom. The fourth-order valence-corrected chi connectivity index (χ4v) is 2.97. The molecular weight excluding hydrogens is 276 g/mol.